The molecule has 2 aromatic heterocycles. The number of aliphatic hydroxyl groups is 1. The number of halogens is 1. The molecule has 4 aromatic rings. The molecule has 8 heteroatoms. The van der Waals surface area contributed by atoms with Crippen LogP contribution in [0.2, 0.25) is 0 Å². The molecule has 0 amide bonds. The number of aryl methyl sites for hydroxylation is 1. The van der Waals surface area contributed by atoms with E-state index in [1.807, 2.05) is 24.3 Å². The van der Waals surface area contributed by atoms with Crippen LogP contribution in [0.3, 0.4) is 0 Å². The number of rotatable bonds is 7. The van der Waals surface area contributed by atoms with Crippen molar-refractivity contribution in [1.82, 2.24) is 18.7 Å². The minimum atomic E-state index is -0.477. The van der Waals surface area contributed by atoms with E-state index in [0.717, 1.165) is 21.3 Å². The lowest BCUT2D eigenvalue weighted by molar-refractivity contribution is 0.277. The fraction of sp³-hybridized carbons (Fsp3) is 0.320. The molecule has 0 aliphatic heterocycles. The Morgan fingerprint density at radius 2 is 1.79 bits per heavy atom. The highest BCUT2D eigenvalue weighted by molar-refractivity contribution is 5.77. The van der Waals surface area contributed by atoms with Crippen molar-refractivity contribution in [1.29, 1.82) is 0 Å². The Morgan fingerprint density at radius 1 is 1.06 bits per heavy atom. The molecule has 2 heterocycles. The second-order valence-corrected chi connectivity index (χ2v) is 8.48. The third-order valence-corrected chi connectivity index (χ3v) is 5.84. The van der Waals surface area contributed by atoms with Gasteiger partial charge in [-0.05, 0) is 41.7 Å². The van der Waals surface area contributed by atoms with E-state index in [1.54, 1.807) is 23.7 Å². The number of aromatic nitrogens is 4. The van der Waals surface area contributed by atoms with E-state index in [9.17, 15) is 19.1 Å². The van der Waals surface area contributed by atoms with Gasteiger partial charge in [0, 0.05) is 32.3 Å². The molecule has 0 spiro atoms. The summed E-state index contributed by atoms with van der Waals surface area (Å²) in [6.07, 6.45) is 0.288. The summed E-state index contributed by atoms with van der Waals surface area (Å²) in [5.74, 6) is 0.525. The predicted octanol–water partition coefficient (Wildman–Crippen LogP) is 3.26. The number of hydrogen-bond acceptors (Lipinski definition) is 4. The quantitative estimate of drug-likeness (QED) is 0.469. The molecular formula is C25H27FN4O3. The maximum Gasteiger partial charge on any atom is 0.332 e. The average molecular weight is 451 g/mol. The van der Waals surface area contributed by atoms with E-state index in [-0.39, 0.29) is 37.6 Å². The van der Waals surface area contributed by atoms with E-state index >= 15 is 0 Å². The van der Waals surface area contributed by atoms with Gasteiger partial charge in [0.05, 0.1) is 0 Å². The van der Waals surface area contributed by atoms with Crippen LogP contribution in [0.15, 0.2) is 58.1 Å². The molecule has 33 heavy (non-hydrogen) atoms. The number of benzene rings is 2. The summed E-state index contributed by atoms with van der Waals surface area (Å²) in [5.41, 5.74) is 2.40. The van der Waals surface area contributed by atoms with Crippen molar-refractivity contribution in [3.8, 4) is 11.4 Å². The molecule has 0 atom stereocenters. The summed E-state index contributed by atoms with van der Waals surface area (Å²) in [6, 6.07) is 14.0. The third kappa shape index (κ3) is 4.26. The first-order chi connectivity index (χ1) is 15.8. The monoisotopic (exact) mass is 450 g/mol. The van der Waals surface area contributed by atoms with Crippen LogP contribution in [0.4, 0.5) is 4.39 Å². The summed E-state index contributed by atoms with van der Waals surface area (Å²) in [5, 5.41) is 9.21. The van der Waals surface area contributed by atoms with E-state index in [1.165, 1.54) is 16.7 Å². The number of fused-ring (bicyclic) bond motifs is 1. The Bertz CT molecular complexity index is 1410. The van der Waals surface area contributed by atoms with Gasteiger partial charge < -0.3 is 9.67 Å². The van der Waals surface area contributed by atoms with Crippen molar-refractivity contribution in [3.63, 3.8) is 0 Å². The fourth-order valence-electron chi connectivity index (χ4n) is 3.98. The molecule has 0 saturated heterocycles. The smallest absolute Gasteiger partial charge is 0.332 e. The first-order valence-electron chi connectivity index (χ1n) is 11.0. The lowest BCUT2D eigenvalue weighted by Gasteiger charge is -2.12. The van der Waals surface area contributed by atoms with Crippen molar-refractivity contribution < 1.29 is 9.50 Å². The van der Waals surface area contributed by atoms with Crippen LogP contribution in [0.5, 0.6) is 0 Å². The van der Waals surface area contributed by atoms with Crippen molar-refractivity contribution in [2.24, 2.45) is 7.05 Å². The van der Waals surface area contributed by atoms with Gasteiger partial charge in [0.2, 0.25) is 0 Å². The Hall–Kier alpha value is -3.52. The van der Waals surface area contributed by atoms with E-state index in [0.29, 0.717) is 17.3 Å². The van der Waals surface area contributed by atoms with Gasteiger partial charge in [-0.25, -0.2) is 14.2 Å². The normalized spacial score (nSPS) is 11.6. The number of imidazole rings is 1. The van der Waals surface area contributed by atoms with Gasteiger partial charge in [-0.2, -0.15) is 0 Å². The Morgan fingerprint density at radius 3 is 2.45 bits per heavy atom. The van der Waals surface area contributed by atoms with Crippen LogP contribution in [-0.2, 0) is 20.1 Å². The van der Waals surface area contributed by atoms with Crippen LogP contribution >= 0.6 is 0 Å². The maximum atomic E-state index is 13.5. The molecule has 0 fully saturated rings. The summed E-state index contributed by atoms with van der Waals surface area (Å²) in [4.78, 5) is 31.0. The molecule has 0 unspecified atom stereocenters. The molecule has 172 valence electrons. The Labute approximate surface area is 190 Å². The Balaban J connectivity index is 2.02. The molecular weight excluding hydrogens is 423 g/mol. The number of nitrogens with zero attached hydrogens (tertiary/aromatic N) is 4. The van der Waals surface area contributed by atoms with Gasteiger partial charge in [-0.15, -0.1) is 0 Å². The van der Waals surface area contributed by atoms with Gasteiger partial charge >= 0.3 is 5.69 Å². The van der Waals surface area contributed by atoms with E-state index in [2.05, 4.69) is 13.8 Å². The SMILES string of the molecule is CC(C)c1cccc(-c2nc3c(c(=O)n(CCCO)c(=O)n3C)n2Cc2ccc(F)cc2)c1. The number of aliphatic hydroxyl groups excluding tert-OH is 1. The summed E-state index contributed by atoms with van der Waals surface area (Å²) in [7, 11) is 1.59. The Kier molecular flexibility index (Phi) is 6.29. The fourth-order valence-corrected chi connectivity index (χ4v) is 3.98. The second-order valence-electron chi connectivity index (χ2n) is 8.48. The molecule has 0 saturated carbocycles. The predicted molar refractivity (Wildman–Crippen MR) is 126 cm³/mol. The minimum absolute atomic E-state index is 0.109. The van der Waals surface area contributed by atoms with Crippen molar-refractivity contribution in [2.75, 3.05) is 6.61 Å². The van der Waals surface area contributed by atoms with E-state index < -0.39 is 11.2 Å². The molecule has 0 radical (unpaired) electrons. The van der Waals surface area contributed by atoms with Crippen molar-refractivity contribution in [3.05, 3.63) is 86.3 Å². The molecule has 7 nitrogen and oxygen atoms in total. The maximum absolute atomic E-state index is 13.5. The zero-order chi connectivity index (χ0) is 23.7. The van der Waals surface area contributed by atoms with Gasteiger partial charge in [0.15, 0.2) is 11.2 Å². The minimum Gasteiger partial charge on any atom is -0.396 e. The van der Waals surface area contributed by atoms with Gasteiger partial charge in [-0.3, -0.25) is 13.9 Å². The van der Waals surface area contributed by atoms with Crippen LogP contribution in [0.25, 0.3) is 22.6 Å². The van der Waals surface area contributed by atoms with Gasteiger partial charge in [-0.1, -0.05) is 44.2 Å². The molecule has 0 aliphatic rings. The highest BCUT2D eigenvalue weighted by Crippen LogP contribution is 2.27. The number of hydrogen-bond donors (Lipinski definition) is 1. The molecule has 0 bridgehead atoms. The largest absolute Gasteiger partial charge is 0.396 e. The molecule has 0 aliphatic carbocycles. The third-order valence-electron chi connectivity index (χ3n) is 5.84. The van der Waals surface area contributed by atoms with Gasteiger partial charge in [0.25, 0.3) is 5.56 Å². The van der Waals surface area contributed by atoms with Crippen molar-refractivity contribution >= 4 is 11.2 Å². The highest BCUT2D eigenvalue weighted by Gasteiger charge is 2.21. The first kappa shape index (κ1) is 22.7. The topological polar surface area (TPSA) is 82.1 Å². The van der Waals surface area contributed by atoms with Crippen LogP contribution < -0.4 is 11.2 Å². The summed E-state index contributed by atoms with van der Waals surface area (Å²) < 4.78 is 17.8. The zero-order valence-electron chi connectivity index (χ0n) is 19.0. The lowest BCUT2D eigenvalue weighted by atomic mass is 10.0. The average Bonchev–Trinajstić information content (AvgIpc) is 3.18. The standard InChI is InChI=1S/C25H27FN4O3/c1-16(2)18-6-4-7-19(14-18)22-27-23-21(30(22)15-17-8-10-20(26)11-9-17)24(32)29(12-5-13-31)25(33)28(23)3/h4,6-11,14,16,31H,5,12-13,15H2,1-3H3. The van der Waals surface area contributed by atoms with Crippen molar-refractivity contribution in [2.45, 2.75) is 39.3 Å². The van der Waals surface area contributed by atoms with Crippen LogP contribution in [0, 0.1) is 5.82 Å². The summed E-state index contributed by atoms with van der Waals surface area (Å²) in [6.45, 7) is 4.47. The second kappa shape index (κ2) is 9.15. The van der Waals surface area contributed by atoms with Gasteiger partial charge in [0.1, 0.15) is 11.6 Å². The van der Waals surface area contributed by atoms with Crippen LogP contribution in [-0.4, -0.2) is 30.4 Å². The molecule has 2 aromatic carbocycles. The lowest BCUT2D eigenvalue weighted by Crippen LogP contribution is -2.39. The first-order valence-corrected chi connectivity index (χ1v) is 11.0. The summed E-state index contributed by atoms with van der Waals surface area (Å²) >= 11 is 0. The molecule has 4 rings (SSSR count). The van der Waals surface area contributed by atoms with Crippen LogP contribution in [0.1, 0.15) is 37.3 Å². The highest BCUT2D eigenvalue weighted by atomic mass is 19.1. The molecule has 1 N–H and O–H groups in total. The zero-order valence-corrected chi connectivity index (χ0v) is 19.0. The van der Waals surface area contributed by atoms with E-state index in [4.69, 9.17) is 4.98 Å².